The van der Waals surface area contributed by atoms with Gasteiger partial charge in [0.25, 0.3) is 0 Å². The highest BCUT2D eigenvalue weighted by Gasteiger charge is 2.14. The lowest BCUT2D eigenvalue weighted by molar-refractivity contribution is 0.677. The summed E-state index contributed by atoms with van der Waals surface area (Å²) in [6.45, 7) is 2.08. The SMILES string of the molecule is Cc1csc2c(CS(=O)c3nc4ccccc4[nH]3)nccc12. The number of thiophene rings is 1. The van der Waals surface area contributed by atoms with Crippen LogP contribution in [0, 0.1) is 6.92 Å². The van der Waals surface area contributed by atoms with Crippen LogP contribution in [0.15, 0.2) is 47.1 Å². The lowest BCUT2D eigenvalue weighted by Crippen LogP contribution is -2.00. The molecule has 0 saturated heterocycles. The van der Waals surface area contributed by atoms with Gasteiger partial charge >= 0.3 is 0 Å². The van der Waals surface area contributed by atoms with E-state index in [1.165, 1.54) is 10.9 Å². The van der Waals surface area contributed by atoms with Crippen LogP contribution in [0.25, 0.3) is 21.1 Å². The summed E-state index contributed by atoms with van der Waals surface area (Å²) < 4.78 is 13.7. The van der Waals surface area contributed by atoms with E-state index >= 15 is 0 Å². The second-order valence-electron chi connectivity index (χ2n) is 5.10. The van der Waals surface area contributed by atoms with Gasteiger partial charge < -0.3 is 4.98 Å². The maximum atomic E-state index is 12.6. The number of nitrogens with zero attached hydrogens (tertiary/aromatic N) is 2. The first-order valence-corrected chi connectivity index (χ1v) is 9.07. The second kappa shape index (κ2) is 5.30. The van der Waals surface area contributed by atoms with Crippen molar-refractivity contribution in [3.8, 4) is 0 Å². The zero-order chi connectivity index (χ0) is 15.1. The van der Waals surface area contributed by atoms with Crippen molar-refractivity contribution < 1.29 is 4.21 Å². The van der Waals surface area contributed by atoms with Crippen LogP contribution in [-0.2, 0) is 16.6 Å². The standard InChI is InChI=1S/C16H13N3OS2/c1-10-8-21-15-11(10)6-7-17-14(15)9-22(20)16-18-12-4-2-3-5-13(12)19-16/h2-8H,9H2,1H3,(H,18,19). The molecule has 110 valence electrons. The second-order valence-corrected chi connectivity index (χ2v) is 7.35. The van der Waals surface area contributed by atoms with Crippen LogP contribution in [0.1, 0.15) is 11.3 Å². The summed E-state index contributed by atoms with van der Waals surface area (Å²) in [5.41, 5.74) is 3.85. The minimum atomic E-state index is -1.24. The smallest absolute Gasteiger partial charge is 0.197 e. The monoisotopic (exact) mass is 327 g/mol. The van der Waals surface area contributed by atoms with E-state index in [9.17, 15) is 4.21 Å². The van der Waals surface area contributed by atoms with Crippen LogP contribution < -0.4 is 0 Å². The topological polar surface area (TPSA) is 58.6 Å². The van der Waals surface area contributed by atoms with Crippen LogP contribution in [-0.4, -0.2) is 19.2 Å². The third kappa shape index (κ3) is 2.24. The molecule has 4 nitrogen and oxygen atoms in total. The Bertz CT molecular complexity index is 970. The van der Waals surface area contributed by atoms with Crippen molar-refractivity contribution in [1.82, 2.24) is 15.0 Å². The first-order chi connectivity index (χ1) is 10.7. The number of fused-ring (bicyclic) bond motifs is 2. The number of para-hydroxylation sites is 2. The summed E-state index contributed by atoms with van der Waals surface area (Å²) >= 11 is 1.66. The summed E-state index contributed by atoms with van der Waals surface area (Å²) in [4.78, 5) is 12.0. The minimum Gasteiger partial charge on any atom is -0.331 e. The summed E-state index contributed by atoms with van der Waals surface area (Å²) in [6.07, 6.45) is 1.78. The van der Waals surface area contributed by atoms with E-state index in [1.54, 1.807) is 17.5 Å². The summed E-state index contributed by atoms with van der Waals surface area (Å²) in [5, 5.41) is 3.81. The lowest BCUT2D eigenvalue weighted by atomic mass is 10.2. The Balaban J connectivity index is 1.71. The molecule has 4 rings (SSSR count). The van der Waals surface area contributed by atoms with Crippen LogP contribution in [0.5, 0.6) is 0 Å². The van der Waals surface area contributed by atoms with Crippen LogP contribution >= 0.6 is 11.3 Å². The molecule has 0 saturated carbocycles. The molecule has 0 radical (unpaired) electrons. The Labute approximate surface area is 133 Å². The fraction of sp³-hybridized carbons (Fsp3) is 0.125. The number of hydrogen-bond acceptors (Lipinski definition) is 4. The number of aromatic nitrogens is 3. The normalized spacial score (nSPS) is 13.0. The van der Waals surface area contributed by atoms with E-state index in [1.807, 2.05) is 30.3 Å². The molecule has 6 heteroatoms. The van der Waals surface area contributed by atoms with Gasteiger partial charge in [-0.05, 0) is 41.5 Å². The molecule has 0 spiro atoms. The molecule has 1 unspecified atom stereocenters. The van der Waals surface area contributed by atoms with Gasteiger partial charge in [-0.3, -0.25) is 9.19 Å². The van der Waals surface area contributed by atoms with Gasteiger partial charge in [0.15, 0.2) is 5.16 Å². The number of H-pyrrole nitrogens is 1. The molecule has 0 aliphatic heterocycles. The molecular weight excluding hydrogens is 314 g/mol. The maximum absolute atomic E-state index is 12.6. The number of pyridine rings is 1. The Morgan fingerprint density at radius 1 is 1.27 bits per heavy atom. The summed E-state index contributed by atoms with van der Waals surface area (Å²) in [7, 11) is -1.24. The van der Waals surface area contributed by atoms with Gasteiger partial charge in [0, 0.05) is 6.20 Å². The number of nitrogens with one attached hydrogen (secondary N) is 1. The van der Waals surface area contributed by atoms with E-state index in [-0.39, 0.29) is 0 Å². The predicted molar refractivity (Wildman–Crippen MR) is 90.6 cm³/mol. The number of imidazole rings is 1. The minimum absolute atomic E-state index is 0.372. The molecule has 0 aliphatic rings. The van der Waals surface area contributed by atoms with Crippen LogP contribution in [0.2, 0.25) is 0 Å². The largest absolute Gasteiger partial charge is 0.331 e. The summed E-state index contributed by atoms with van der Waals surface area (Å²) in [5.74, 6) is 0.372. The van der Waals surface area contributed by atoms with Gasteiger partial charge in [0.05, 0.1) is 38.0 Å². The molecule has 0 amide bonds. The molecule has 0 aliphatic carbocycles. The Hall–Kier alpha value is -2.05. The number of aryl methyl sites for hydroxylation is 1. The van der Waals surface area contributed by atoms with Crippen LogP contribution in [0.4, 0.5) is 0 Å². The number of rotatable bonds is 3. The van der Waals surface area contributed by atoms with Gasteiger partial charge in [-0.25, -0.2) is 4.98 Å². The average Bonchev–Trinajstić information content (AvgIpc) is 3.12. The van der Waals surface area contributed by atoms with E-state index in [4.69, 9.17) is 0 Å². The first-order valence-electron chi connectivity index (χ1n) is 6.87. The number of aromatic amines is 1. The Morgan fingerprint density at radius 3 is 3.00 bits per heavy atom. The van der Waals surface area contributed by atoms with Crippen LogP contribution in [0.3, 0.4) is 0 Å². The quantitative estimate of drug-likeness (QED) is 0.623. The highest BCUT2D eigenvalue weighted by Crippen LogP contribution is 2.28. The molecule has 4 aromatic rings. The van der Waals surface area contributed by atoms with Crippen molar-refractivity contribution in [2.24, 2.45) is 0 Å². The van der Waals surface area contributed by atoms with Crippen molar-refractivity contribution in [3.05, 3.63) is 53.2 Å². The third-order valence-corrected chi connectivity index (χ3v) is 5.93. The molecule has 0 fully saturated rings. The first kappa shape index (κ1) is 13.6. The average molecular weight is 327 g/mol. The Kier molecular flexibility index (Phi) is 3.28. The van der Waals surface area contributed by atoms with Gasteiger partial charge in [0.1, 0.15) is 0 Å². The molecular formula is C16H13N3OS2. The number of hydrogen-bond donors (Lipinski definition) is 1. The Morgan fingerprint density at radius 2 is 2.14 bits per heavy atom. The molecule has 3 aromatic heterocycles. The summed E-state index contributed by atoms with van der Waals surface area (Å²) in [6, 6.07) is 9.71. The third-order valence-electron chi connectivity index (χ3n) is 3.61. The molecule has 1 atom stereocenters. The molecule has 1 aromatic carbocycles. The molecule has 1 N–H and O–H groups in total. The van der Waals surface area contributed by atoms with E-state index in [0.29, 0.717) is 10.9 Å². The zero-order valence-corrected chi connectivity index (χ0v) is 13.5. The molecule has 3 heterocycles. The van der Waals surface area contributed by atoms with Gasteiger partial charge in [-0.15, -0.1) is 11.3 Å². The van der Waals surface area contributed by atoms with E-state index in [2.05, 4.69) is 27.3 Å². The van der Waals surface area contributed by atoms with Gasteiger partial charge in [0.2, 0.25) is 0 Å². The molecule has 0 bridgehead atoms. The van der Waals surface area contributed by atoms with Crippen molar-refractivity contribution in [1.29, 1.82) is 0 Å². The highest BCUT2D eigenvalue weighted by atomic mass is 32.2. The predicted octanol–water partition coefficient (Wildman–Crippen LogP) is 3.79. The number of benzene rings is 1. The fourth-order valence-corrected chi connectivity index (χ4v) is 4.63. The zero-order valence-electron chi connectivity index (χ0n) is 11.9. The van der Waals surface area contributed by atoms with E-state index in [0.717, 1.165) is 21.4 Å². The maximum Gasteiger partial charge on any atom is 0.197 e. The highest BCUT2D eigenvalue weighted by molar-refractivity contribution is 7.84. The van der Waals surface area contributed by atoms with Crippen molar-refractivity contribution in [2.75, 3.05) is 0 Å². The van der Waals surface area contributed by atoms with E-state index < -0.39 is 10.8 Å². The molecule has 22 heavy (non-hydrogen) atoms. The fourth-order valence-electron chi connectivity index (χ4n) is 2.48. The van der Waals surface area contributed by atoms with Crippen molar-refractivity contribution >= 4 is 43.3 Å². The lowest BCUT2D eigenvalue weighted by Gasteiger charge is -2.01. The van der Waals surface area contributed by atoms with Crippen molar-refractivity contribution in [3.63, 3.8) is 0 Å². The van der Waals surface area contributed by atoms with Gasteiger partial charge in [-0.2, -0.15) is 0 Å². The van der Waals surface area contributed by atoms with Gasteiger partial charge in [-0.1, -0.05) is 12.1 Å². The van der Waals surface area contributed by atoms with Crippen molar-refractivity contribution in [2.45, 2.75) is 17.8 Å².